The monoisotopic (exact) mass is 415 g/mol. The zero-order chi connectivity index (χ0) is 21.5. The number of hydrogen-bond acceptors (Lipinski definition) is 7. The molecule has 0 aliphatic heterocycles. The van der Waals surface area contributed by atoms with Crippen LogP contribution in [0.1, 0.15) is 5.56 Å². The molecule has 158 valence electrons. The minimum atomic E-state index is 0.0332. The molecule has 4 N–H and O–H groups in total. The third-order valence-corrected chi connectivity index (χ3v) is 4.78. The molecule has 7 heteroatoms. The van der Waals surface area contributed by atoms with E-state index >= 15 is 0 Å². The van der Waals surface area contributed by atoms with E-state index in [1.165, 1.54) is 5.56 Å². The number of methoxy groups -OCH3 is 1. The van der Waals surface area contributed by atoms with Crippen molar-refractivity contribution in [3.8, 4) is 5.75 Å². The van der Waals surface area contributed by atoms with Gasteiger partial charge in [-0.25, -0.2) is 9.97 Å². The Kier molecular flexibility index (Phi) is 6.44. The molecule has 0 atom stereocenters. The molecule has 2 heterocycles. The van der Waals surface area contributed by atoms with Crippen molar-refractivity contribution in [3.63, 3.8) is 0 Å². The van der Waals surface area contributed by atoms with Crippen LogP contribution in [0.5, 0.6) is 5.75 Å². The Morgan fingerprint density at radius 3 is 2.61 bits per heavy atom. The number of nitrogens with zero attached hydrogens (tertiary/aromatic N) is 2. The van der Waals surface area contributed by atoms with Crippen LogP contribution in [0.4, 0.5) is 23.0 Å². The van der Waals surface area contributed by atoms with Crippen molar-refractivity contribution >= 4 is 33.9 Å². The van der Waals surface area contributed by atoms with E-state index in [0.29, 0.717) is 24.7 Å². The van der Waals surface area contributed by atoms with Crippen LogP contribution in [0.3, 0.4) is 0 Å². The Labute approximate surface area is 181 Å². The van der Waals surface area contributed by atoms with Gasteiger partial charge in [0.2, 0.25) is 0 Å². The first-order valence-electron chi connectivity index (χ1n) is 10.1. The molecule has 2 aromatic heterocycles. The zero-order valence-electron chi connectivity index (χ0n) is 17.3. The number of nitrogens with one attached hydrogen (secondary N) is 3. The van der Waals surface area contributed by atoms with Crippen LogP contribution in [-0.4, -0.2) is 35.3 Å². The van der Waals surface area contributed by atoms with Crippen LogP contribution < -0.4 is 20.7 Å². The van der Waals surface area contributed by atoms with Crippen LogP contribution >= 0.6 is 0 Å². The SMILES string of the molecule is COc1cccc(Nc2cc3nc(NCCO)cc(NCc4ccccc4)c3cn2)c1. The number of rotatable bonds is 9. The normalized spacial score (nSPS) is 10.6. The van der Waals surface area contributed by atoms with Gasteiger partial charge >= 0.3 is 0 Å². The highest BCUT2D eigenvalue weighted by Gasteiger charge is 2.09. The van der Waals surface area contributed by atoms with Gasteiger partial charge in [-0.2, -0.15) is 0 Å². The summed E-state index contributed by atoms with van der Waals surface area (Å²) in [5, 5.41) is 20.0. The Hall–Kier alpha value is -3.84. The minimum Gasteiger partial charge on any atom is -0.497 e. The highest BCUT2D eigenvalue weighted by atomic mass is 16.5. The highest BCUT2D eigenvalue weighted by molar-refractivity contribution is 5.94. The van der Waals surface area contributed by atoms with Crippen LogP contribution in [0.25, 0.3) is 10.9 Å². The average molecular weight is 415 g/mol. The van der Waals surface area contributed by atoms with Crippen molar-refractivity contribution in [3.05, 3.63) is 78.5 Å². The van der Waals surface area contributed by atoms with Gasteiger partial charge in [0.05, 0.1) is 19.2 Å². The summed E-state index contributed by atoms with van der Waals surface area (Å²) < 4.78 is 5.29. The molecule has 0 radical (unpaired) electrons. The lowest BCUT2D eigenvalue weighted by Gasteiger charge is -2.14. The van der Waals surface area contributed by atoms with Crippen molar-refractivity contribution in [2.45, 2.75) is 6.54 Å². The van der Waals surface area contributed by atoms with E-state index in [9.17, 15) is 5.11 Å². The van der Waals surface area contributed by atoms with Crippen LogP contribution in [0.15, 0.2) is 72.9 Å². The van der Waals surface area contributed by atoms with Crippen molar-refractivity contribution < 1.29 is 9.84 Å². The van der Waals surface area contributed by atoms with E-state index in [2.05, 4.69) is 33.1 Å². The zero-order valence-corrected chi connectivity index (χ0v) is 17.3. The van der Waals surface area contributed by atoms with Gasteiger partial charge in [0.1, 0.15) is 17.4 Å². The summed E-state index contributed by atoms with van der Waals surface area (Å²) >= 11 is 0. The number of hydrogen-bond donors (Lipinski definition) is 4. The second kappa shape index (κ2) is 9.77. The van der Waals surface area contributed by atoms with Gasteiger partial charge in [-0.15, -0.1) is 0 Å². The van der Waals surface area contributed by atoms with Gasteiger partial charge in [-0.3, -0.25) is 0 Å². The molecule has 0 spiro atoms. The fraction of sp³-hybridized carbons (Fsp3) is 0.167. The lowest BCUT2D eigenvalue weighted by atomic mass is 10.2. The number of aliphatic hydroxyl groups excluding tert-OH is 1. The smallest absolute Gasteiger partial charge is 0.132 e. The van der Waals surface area contributed by atoms with Crippen LogP contribution in [0, 0.1) is 0 Å². The maximum atomic E-state index is 9.18. The highest BCUT2D eigenvalue weighted by Crippen LogP contribution is 2.28. The standard InChI is InChI=1S/C24H25N5O2/c1-31-19-9-5-8-18(12-19)28-24-14-22-20(16-27-24)21(13-23(29-22)25-10-11-30)26-15-17-6-3-2-4-7-17/h2-9,12-14,16,30H,10-11,15H2,1H3,(H,27,28)(H2,25,26,29). The first kappa shape index (κ1) is 20.4. The van der Waals surface area contributed by atoms with Gasteiger partial charge in [0.15, 0.2) is 0 Å². The topological polar surface area (TPSA) is 91.3 Å². The number of aliphatic hydroxyl groups is 1. The second-order valence-corrected chi connectivity index (χ2v) is 6.99. The molecule has 2 aromatic carbocycles. The molecule has 0 unspecified atom stereocenters. The number of fused-ring (bicyclic) bond motifs is 1. The van der Waals surface area contributed by atoms with E-state index < -0.39 is 0 Å². The molecule has 0 fully saturated rings. The van der Waals surface area contributed by atoms with Crippen LogP contribution in [-0.2, 0) is 6.54 Å². The van der Waals surface area contributed by atoms with Gasteiger partial charge in [-0.1, -0.05) is 36.4 Å². The first-order chi connectivity index (χ1) is 15.2. The summed E-state index contributed by atoms with van der Waals surface area (Å²) in [6.07, 6.45) is 1.81. The summed E-state index contributed by atoms with van der Waals surface area (Å²) in [6, 6.07) is 21.7. The number of pyridine rings is 2. The largest absolute Gasteiger partial charge is 0.497 e. The molecule has 0 saturated carbocycles. The lowest BCUT2D eigenvalue weighted by molar-refractivity contribution is 0.311. The van der Waals surface area contributed by atoms with E-state index in [1.54, 1.807) is 7.11 Å². The van der Waals surface area contributed by atoms with E-state index in [4.69, 9.17) is 9.72 Å². The van der Waals surface area contributed by atoms with E-state index in [1.807, 2.05) is 60.8 Å². The maximum Gasteiger partial charge on any atom is 0.132 e. The van der Waals surface area contributed by atoms with Crippen molar-refractivity contribution in [1.82, 2.24) is 9.97 Å². The molecule has 0 aliphatic carbocycles. The first-order valence-corrected chi connectivity index (χ1v) is 10.1. The molecule has 4 aromatic rings. The fourth-order valence-corrected chi connectivity index (χ4v) is 3.25. The summed E-state index contributed by atoms with van der Waals surface area (Å²) in [7, 11) is 1.64. The molecule has 4 rings (SSSR count). The van der Waals surface area contributed by atoms with Crippen molar-refractivity contribution in [1.29, 1.82) is 0 Å². The van der Waals surface area contributed by atoms with Gasteiger partial charge in [-0.05, 0) is 17.7 Å². The van der Waals surface area contributed by atoms with Gasteiger partial charge < -0.3 is 25.8 Å². The number of aromatic nitrogens is 2. The van der Waals surface area contributed by atoms with E-state index in [-0.39, 0.29) is 6.61 Å². The third kappa shape index (κ3) is 5.21. The molecular formula is C24H25N5O2. The Balaban J connectivity index is 1.64. The molecule has 0 saturated heterocycles. The molecular weight excluding hydrogens is 390 g/mol. The number of ether oxygens (including phenoxy) is 1. The Morgan fingerprint density at radius 1 is 0.935 bits per heavy atom. The van der Waals surface area contributed by atoms with Gasteiger partial charge in [0, 0.05) is 54.2 Å². The lowest BCUT2D eigenvalue weighted by Crippen LogP contribution is -2.08. The van der Waals surface area contributed by atoms with Crippen molar-refractivity contribution in [2.24, 2.45) is 0 Å². The minimum absolute atomic E-state index is 0.0332. The second-order valence-electron chi connectivity index (χ2n) is 6.99. The third-order valence-electron chi connectivity index (χ3n) is 4.78. The predicted molar refractivity (Wildman–Crippen MR) is 125 cm³/mol. The Bertz CT molecular complexity index is 1150. The molecule has 0 aliphatic rings. The molecule has 0 bridgehead atoms. The summed E-state index contributed by atoms with van der Waals surface area (Å²) in [5.74, 6) is 2.14. The number of benzene rings is 2. The maximum absolute atomic E-state index is 9.18. The molecule has 0 amide bonds. The number of anilines is 4. The quantitative estimate of drug-likeness (QED) is 0.322. The van der Waals surface area contributed by atoms with E-state index in [0.717, 1.165) is 28.0 Å². The predicted octanol–water partition coefficient (Wildman–Crippen LogP) is 4.40. The van der Waals surface area contributed by atoms with Crippen LogP contribution in [0.2, 0.25) is 0 Å². The Morgan fingerprint density at radius 2 is 1.81 bits per heavy atom. The average Bonchev–Trinajstić information content (AvgIpc) is 2.81. The van der Waals surface area contributed by atoms with Gasteiger partial charge in [0.25, 0.3) is 0 Å². The summed E-state index contributed by atoms with van der Waals surface area (Å²) in [6.45, 7) is 1.14. The van der Waals surface area contributed by atoms with Crippen molar-refractivity contribution in [2.75, 3.05) is 36.2 Å². The molecule has 31 heavy (non-hydrogen) atoms. The summed E-state index contributed by atoms with van der Waals surface area (Å²) in [5.41, 5.74) is 3.78. The molecule has 7 nitrogen and oxygen atoms in total. The summed E-state index contributed by atoms with van der Waals surface area (Å²) in [4.78, 5) is 9.27. The fourth-order valence-electron chi connectivity index (χ4n) is 3.25.